The van der Waals surface area contributed by atoms with Gasteiger partial charge in [0.25, 0.3) is 5.91 Å². The predicted molar refractivity (Wildman–Crippen MR) is 124 cm³/mol. The maximum atomic E-state index is 13.1. The fourth-order valence-corrected chi connectivity index (χ4v) is 4.37. The average molecular weight is 475 g/mol. The third-order valence-corrected chi connectivity index (χ3v) is 6.06. The van der Waals surface area contributed by atoms with Gasteiger partial charge in [0.1, 0.15) is 0 Å². The number of aliphatic hydroxyl groups excluding tert-OH is 2. The van der Waals surface area contributed by atoms with Gasteiger partial charge in [-0.05, 0) is 36.6 Å². The Kier molecular flexibility index (Phi) is 7.13. The zero-order valence-electron chi connectivity index (χ0n) is 17.4. The molecule has 0 spiro atoms. The second kappa shape index (κ2) is 10.0. The van der Waals surface area contributed by atoms with Gasteiger partial charge in [-0.3, -0.25) is 10.2 Å². The Morgan fingerprint density at radius 3 is 2.34 bits per heavy atom. The number of hydrazine groups is 1. The molecule has 1 aliphatic heterocycles. The number of benzene rings is 2. The maximum Gasteiger partial charge on any atom is 0.286 e. The minimum atomic E-state index is -0.384. The van der Waals surface area contributed by atoms with Crippen LogP contribution >= 0.6 is 23.2 Å². The first kappa shape index (κ1) is 22.8. The SMILES string of the molecule is O=C(NN1CCCCC1)c1nn(-c2ccc(Cl)cc2Cl)c(-c2ccc(CO)cc2)c1CO. The lowest BCUT2D eigenvalue weighted by Crippen LogP contribution is -2.45. The lowest BCUT2D eigenvalue weighted by Gasteiger charge is -2.26. The highest BCUT2D eigenvalue weighted by atomic mass is 35.5. The number of hydrogen-bond donors (Lipinski definition) is 3. The second-order valence-electron chi connectivity index (χ2n) is 7.69. The third kappa shape index (κ3) is 4.67. The van der Waals surface area contributed by atoms with Crippen molar-refractivity contribution in [3.63, 3.8) is 0 Å². The summed E-state index contributed by atoms with van der Waals surface area (Å²) < 4.78 is 1.56. The molecule has 1 amide bonds. The number of rotatable bonds is 6. The normalized spacial score (nSPS) is 14.5. The van der Waals surface area contributed by atoms with E-state index in [4.69, 9.17) is 23.2 Å². The number of nitrogens with one attached hydrogen (secondary N) is 1. The summed E-state index contributed by atoms with van der Waals surface area (Å²) in [6.07, 6.45) is 3.18. The monoisotopic (exact) mass is 474 g/mol. The van der Waals surface area contributed by atoms with E-state index in [-0.39, 0.29) is 24.8 Å². The fraction of sp³-hybridized carbons (Fsp3) is 0.304. The Labute approximate surface area is 196 Å². The van der Waals surface area contributed by atoms with Crippen molar-refractivity contribution in [1.82, 2.24) is 20.2 Å². The smallest absolute Gasteiger partial charge is 0.286 e. The van der Waals surface area contributed by atoms with Crippen LogP contribution in [0.15, 0.2) is 42.5 Å². The van der Waals surface area contributed by atoms with Gasteiger partial charge < -0.3 is 10.2 Å². The standard InChI is InChI=1S/C23H24Cl2N4O3/c24-17-8-9-20(19(25)12-17)29-22(16-6-4-15(13-30)5-7-16)18(14-31)21(26-29)23(32)27-28-10-2-1-3-11-28/h4-9,12,30-31H,1-3,10-11,13-14H2,(H,27,32). The number of amides is 1. The Bertz CT molecular complexity index is 1110. The Balaban J connectivity index is 1.83. The second-order valence-corrected chi connectivity index (χ2v) is 8.53. The largest absolute Gasteiger partial charge is 0.392 e. The number of carbonyl (C=O) groups is 1. The highest BCUT2D eigenvalue weighted by Crippen LogP contribution is 2.33. The molecule has 3 N–H and O–H groups in total. The molecule has 0 saturated carbocycles. The van der Waals surface area contributed by atoms with Gasteiger partial charge in [-0.25, -0.2) is 9.69 Å². The van der Waals surface area contributed by atoms with Crippen LogP contribution in [0.1, 0.15) is 40.9 Å². The Morgan fingerprint density at radius 2 is 1.72 bits per heavy atom. The molecule has 168 valence electrons. The summed E-state index contributed by atoms with van der Waals surface area (Å²) in [5, 5.41) is 26.9. The van der Waals surface area contributed by atoms with Crippen molar-refractivity contribution in [2.24, 2.45) is 0 Å². The Hall–Kier alpha value is -2.42. The van der Waals surface area contributed by atoms with Crippen molar-refractivity contribution in [3.05, 3.63) is 69.3 Å². The molecule has 0 unspecified atom stereocenters. The molecule has 9 heteroatoms. The third-order valence-electron chi connectivity index (χ3n) is 5.52. The number of aromatic nitrogens is 2. The van der Waals surface area contributed by atoms with E-state index in [2.05, 4.69) is 10.5 Å². The van der Waals surface area contributed by atoms with E-state index in [1.807, 2.05) is 17.1 Å². The van der Waals surface area contributed by atoms with Crippen molar-refractivity contribution in [1.29, 1.82) is 0 Å². The van der Waals surface area contributed by atoms with E-state index in [0.717, 1.165) is 43.5 Å². The number of aliphatic hydroxyl groups is 2. The van der Waals surface area contributed by atoms with Crippen molar-refractivity contribution in [2.75, 3.05) is 13.1 Å². The molecule has 1 aliphatic rings. The quantitative estimate of drug-likeness (QED) is 0.502. The molecule has 3 aromatic rings. The van der Waals surface area contributed by atoms with Crippen LogP contribution in [0.4, 0.5) is 0 Å². The summed E-state index contributed by atoms with van der Waals surface area (Å²) in [7, 11) is 0. The topological polar surface area (TPSA) is 90.6 Å². The van der Waals surface area contributed by atoms with Gasteiger partial charge in [-0.15, -0.1) is 0 Å². The van der Waals surface area contributed by atoms with Gasteiger partial charge in [0.2, 0.25) is 0 Å². The fourth-order valence-electron chi connectivity index (χ4n) is 3.88. The van der Waals surface area contributed by atoms with Crippen LogP contribution in [0.3, 0.4) is 0 Å². The molecule has 2 heterocycles. The van der Waals surface area contributed by atoms with Crippen LogP contribution in [0.5, 0.6) is 0 Å². The summed E-state index contributed by atoms with van der Waals surface area (Å²) >= 11 is 12.5. The number of halogens is 2. The van der Waals surface area contributed by atoms with Gasteiger partial charge >= 0.3 is 0 Å². The minimum absolute atomic E-state index is 0.0844. The molecule has 1 fully saturated rings. The molecule has 32 heavy (non-hydrogen) atoms. The molecular formula is C23H24Cl2N4O3. The number of hydrogen-bond acceptors (Lipinski definition) is 5. The number of piperidine rings is 1. The van der Waals surface area contributed by atoms with E-state index in [0.29, 0.717) is 27.0 Å². The van der Waals surface area contributed by atoms with E-state index in [1.54, 1.807) is 35.0 Å². The zero-order chi connectivity index (χ0) is 22.7. The van der Waals surface area contributed by atoms with Gasteiger partial charge in [-0.2, -0.15) is 5.10 Å². The highest BCUT2D eigenvalue weighted by molar-refractivity contribution is 6.35. The van der Waals surface area contributed by atoms with Gasteiger partial charge in [-0.1, -0.05) is 53.9 Å². The molecule has 0 aliphatic carbocycles. The molecule has 1 aromatic heterocycles. The summed E-state index contributed by atoms with van der Waals surface area (Å²) in [6, 6.07) is 12.2. The van der Waals surface area contributed by atoms with Crippen molar-refractivity contribution in [2.45, 2.75) is 32.5 Å². The molecule has 1 saturated heterocycles. The molecule has 4 rings (SSSR count). The predicted octanol–water partition coefficient (Wildman–Crippen LogP) is 3.96. The Morgan fingerprint density at radius 1 is 1.00 bits per heavy atom. The van der Waals surface area contributed by atoms with E-state index in [9.17, 15) is 15.0 Å². The van der Waals surface area contributed by atoms with Crippen molar-refractivity contribution in [3.8, 4) is 16.9 Å². The lowest BCUT2D eigenvalue weighted by atomic mass is 10.0. The van der Waals surface area contributed by atoms with Crippen LogP contribution in [-0.2, 0) is 13.2 Å². The first-order valence-corrected chi connectivity index (χ1v) is 11.2. The summed E-state index contributed by atoms with van der Waals surface area (Å²) in [6.45, 7) is 1.09. The molecule has 0 atom stereocenters. The van der Waals surface area contributed by atoms with Gasteiger partial charge in [0.05, 0.1) is 29.6 Å². The van der Waals surface area contributed by atoms with Crippen molar-refractivity contribution >= 4 is 29.1 Å². The minimum Gasteiger partial charge on any atom is -0.392 e. The van der Waals surface area contributed by atoms with E-state index < -0.39 is 0 Å². The van der Waals surface area contributed by atoms with Gasteiger partial charge in [0.15, 0.2) is 5.69 Å². The molecular weight excluding hydrogens is 451 g/mol. The van der Waals surface area contributed by atoms with Crippen LogP contribution < -0.4 is 5.43 Å². The summed E-state index contributed by atoms with van der Waals surface area (Å²) in [5.41, 5.74) is 5.99. The van der Waals surface area contributed by atoms with Crippen molar-refractivity contribution < 1.29 is 15.0 Å². The van der Waals surface area contributed by atoms with Crippen LogP contribution in [0.2, 0.25) is 10.0 Å². The number of carbonyl (C=O) groups excluding carboxylic acids is 1. The summed E-state index contributed by atoms with van der Waals surface area (Å²) in [5.74, 6) is -0.381. The molecule has 2 aromatic carbocycles. The van der Waals surface area contributed by atoms with Crippen LogP contribution in [0, 0.1) is 0 Å². The number of nitrogens with zero attached hydrogens (tertiary/aromatic N) is 3. The first-order valence-electron chi connectivity index (χ1n) is 10.5. The molecule has 7 nitrogen and oxygen atoms in total. The van der Waals surface area contributed by atoms with Crippen LogP contribution in [-0.4, -0.2) is 44.0 Å². The summed E-state index contributed by atoms with van der Waals surface area (Å²) in [4.78, 5) is 13.1. The molecule has 0 radical (unpaired) electrons. The highest BCUT2D eigenvalue weighted by Gasteiger charge is 2.26. The maximum absolute atomic E-state index is 13.1. The van der Waals surface area contributed by atoms with Gasteiger partial charge in [0, 0.05) is 29.2 Å². The average Bonchev–Trinajstić information content (AvgIpc) is 3.19. The molecule has 0 bridgehead atoms. The first-order chi connectivity index (χ1) is 15.5. The lowest BCUT2D eigenvalue weighted by molar-refractivity contribution is 0.0741. The van der Waals surface area contributed by atoms with E-state index in [1.165, 1.54) is 0 Å². The van der Waals surface area contributed by atoms with Crippen LogP contribution in [0.25, 0.3) is 16.9 Å². The zero-order valence-corrected chi connectivity index (χ0v) is 18.9. The van der Waals surface area contributed by atoms with E-state index >= 15 is 0 Å².